The second kappa shape index (κ2) is 7.25. The molecule has 0 spiro atoms. The van der Waals surface area contributed by atoms with Gasteiger partial charge in [-0.1, -0.05) is 13.8 Å². The molecule has 0 radical (unpaired) electrons. The fourth-order valence-electron chi connectivity index (χ4n) is 2.56. The SMILES string of the molecule is CC(C)CC(CN)CN1CCCN(C)CC1. The van der Waals surface area contributed by atoms with Crippen molar-refractivity contribution in [2.45, 2.75) is 26.7 Å². The number of rotatable bonds is 5. The van der Waals surface area contributed by atoms with Crippen molar-refractivity contribution in [1.82, 2.24) is 9.80 Å². The summed E-state index contributed by atoms with van der Waals surface area (Å²) < 4.78 is 0. The van der Waals surface area contributed by atoms with Gasteiger partial charge in [-0.2, -0.15) is 0 Å². The van der Waals surface area contributed by atoms with Crippen LogP contribution in [0.2, 0.25) is 0 Å². The Bertz CT molecular complexity index is 182. The lowest BCUT2D eigenvalue weighted by atomic mass is 9.96. The maximum absolute atomic E-state index is 5.87. The smallest absolute Gasteiger partial charge is 0.0109 e. The van der Waals surface area contributed by atoms with Gasteiger partial charge >= 0.3 is 0 Å². The molecule has 0 amide bonds. The van der Waals surface area contributed by atoms with Crippen LogP contribution in [0.4, 0.5) is 0 Å². The molecule has 0 bridgehead atoms. The van der Waals surface area contributed by atoms with Crippen LogP contribution >= 0.6 is 0 Å². The van der Waals surface area contributed by atoms with E-state index >= 15 is 0 Å². The molecule has 0 saturated carbocycles. The fraction of sp³-hybridized carbons (Fsp3) is 1.00. The standard InChI is InChI=1S/C13H29N3/c1-12(2)9-13(10-14)11-16-6-4-5-15(3)7-8-16/h12-13H,4-11,14H2,1-3H3. The normalized spacial score (nSPS) is 22.3. The van der Waals surface area contributed by atoms with Crippen LogP contribution in [-0.2, 0) is 0 Å². The van der Waals surface area contributed by atoms with Gasteiger partial charge in [0.05, 0.1) is 0 Å². The zero-order valence-corrected chi connectivity index (χ0v) is 11.3. The first-order valence-corrected chi connectivity index (χ1v) is 6.72. The maximum atomic E-state index is 5.87. The summed E-state index contributed by atoms with van der Waals surface area (Å²) in [5, 5.41) is 0. The number of hydrogen-bond donors (Lipinski definition) is 1. The summed E-state index contributed by atoms with van der Waals surface area (Å²) in [5.74, 6) is 1.45. The molecule has 16 heavy (non-hydrogen) atoms. The first-order valence-electron chi connectivity index (χ1n) is 6.72. The maximum Gasteiger partial charge on any atom is 0.0109 e. The quantitative estimate of drug-likeness (QED) is 0.767. The van der Waals surface area contributed by atoms with Crippen LogP contribution in [0, 0.1) is 11.8 Å². The molecule has 1 saturated heterocycles. The van der Waals surface area contributed by atoms with E-state index in [0.717, 1.165) is 12.5 Å². The zero-order chi connectivity index (χ0) is 12.0. The molecule has 2 N–H and O–H groups in total. The topological polar surface area (TPSA) is 32.5 Å². The molecule has 0 aliphatic carbocycles. The minimum atomic E-state index is 0.684. The third-order valence-electron chi connectivity index (χ3n) is 3.47. The van der Waals surface area contributed by atoms with Crippen LogP contribution in [0.3, 0.4) is 0 Å². The van der Waals surface area contributed by atoms with Gasteiger partial charge in [0.15, 0.2) is 0 Å². The Hall–Kier alpha value is -0.120. The molecule has 1 aliphatic rings. The van der Waals surface area contributed by atoms with E-state index in [1.54, 1.807) is 0 Å². The van der Waals surface area contributed by atoms with Crippen LogP contribution in [0.5, 0.6) is 0 Å². The Morgan fingerprint density at radius 2 is 1.88 bits per heavy atom. The lowest BCUT2D eigenvalue weighted by Gasteiger charge is -2.26. The summed E-state index contributed by atoms with van der Waals surface area (Å²) in [7, 11) is 2.22. The summed E-state index contributed by atoms with van der Waals surface area (Å²) in [5.41, 5.74) is 5.87. The summed E-state index contributed by atoms with van der Waals surface area (Å²) in [4.78, 5) is 5.03. The fourth-order valence-corrected chi connectivity index (χ4v) is 2.56. The Labute approximate surface area is 101 Å². The summed E-state index contributed by atoms with van der Waals surface area (Å²) in [6.07, 6.45) is 2.57. The predicted octanol–water partition coefficient (Wildman–Crippen LogP) is 1.24. The third-order valence-corrected chi connectivity index (χ3v) is 3.47. The first kappa shape index (κ1) is 13.9. The summed E-state index contributed by atoms with van der Waals surface area (Å²) >= 11 is 0. The van der Waals surface area contributed by atoms with Gasteiger partial charge in [0.1, 0.15) is 0 Å². The molecule has 0 aromatic heterocycles. The lowest BCUT2D eigenvalue weighted by molar-refractivity contribution is 0.222. The Balaban J connectivity index is 2.32. The van der Waals surface area contributed by atoms with Gasteiger partial charge in [0.2, 0.25) is 0 Å². The van der Waals surface area contributed by atoms with E-state index in [4.69, 9.17) is 5.73 Å². The van der Waals surface area contributed by atoms with Crippen LogP contribution < -0.4 is 5.73 Å². The molecule has 96 valence electrons. The number of hydrogen-bond acceptors (Lipinski definition) is 3. The summed E-state index contributed by atoms with van der Waals surface area (Å²) in [6.45, 7) is 11.5. The molecular formula is C13H29N3. The third kappa shape index (κ3) is 5.28. The summed E-state index contributed by atoms with van der Waals surface area (Å²) in [6, 6.07) is 0. The van der Waals surface area contributed by atoms with Gasteiger partial charge in [0, 0.05) is 19.6 Å². The predicted molar refractivity (Wildman–Crippen MR) is 70.6 cm³/mol. The van der Waals surface area contributed by atoms with Gasteiger partial charge in [-0.3, -0.25) is 0 Å². The molecule has 1 atom stereocenters. The zero-order valence-electron chi connectivity index (χ0n) is 11.3. The highest BCUT2D eigenvalue weighted by molar-refractivity contribution is 4.72. The molecule has 0 aromatic carbocycles. The molecule has 3 nitrogen and oxygen atoms in total. The van der Waals surface area contributed by atoms with Crippen molar-refractivity contribution >= 4 is 0 Å². The second-order valence-corrected chi connectivity index (χ2v) is 5.69. The average Bonchev–Trinajstić information content (AvgIpc) is 2.42. The number of likely N-dealkylation sites (N-methyl/N-ethyl adjacent to an activating group) is 1. The van der Waals surface area contributed by atoms with E-state index in [2.05, 4.69) is 30.7 Å². The molecule has 1 heterocycles. The van der Waals surface area contributed by atoms with E-state index in [1.807, 2.05) is 0 Å². The van der Waals surface area contributed by atoms with Crippen molar-refractivity contribution in [1.29, 1.82) is 0 Å². The molecule has 1 fully saturated rings. The van der Waals surface area contributed by atoms with Crippen molar-refractivity contribution in [3.8, 4) is 0 Å². The average molecular weight is 227 g/mol. The van der Waals surface area contributed by atoms with Gasteiger partial charge in [0.25, 0.3) is 0 Å². The largest absolute Gasteiger partial charge is 0.330 e. The van der Waals surface area contributed by atoms with Crippen molar-refractivity contribution in [3.05, 3.63) is 0 Å². The van der Waals surface area contributed by atoms with Gasteiger partial charge < -0.3 is 15.5 Å². The van der Waals surface area contributed by atoms with Crippen LogP contribution in [0.25, 0.3) is 0 Å². The Morgan fingerprint density at radius 1 is 1.12 bits per heavy atom. The first-order chi connectivity index (χ1) is 7.61. The van der Waals surface area contributed by atoms with E-state index in [0.29, 0.717) is 5.92 Å². The van der Waals surface area contributed by atoms with Crippen LogP contribution in [-0.4, -0.2) is 56.1 Å². The van der Waals surface area contributed by atoms with Gasteiger partial charge in [-0.25, -0.2) is 0 Å². The number of nitrogens with two attached hydrogens (primary N) is 1. The van der Waals surface area contributed by atoms with E-state index < -0.39 is 0 Å². The minimum absolute atomic E-state index is 0.684. The highest BCUT2D eigenvalue weighted by Gasteiger charge is 2.16. The molecule has 0 aromatic rings. The van der Waals surface area contributed by atoms with E-state index in [1.165, 1.54) is 45.6 Å². The molecular weight excluding hydrogens is 198 g/mol. The molecule has 1 aliphatic heterocycles. The van der Waals surface area contributed by atoms with E-state index in [9.17, 15) is 0 Å². The van der Waals surface area contributed by atoms with Crippen molar-refractivity contribution in [2.75, 3.05) is 46.3 Å². The highest BCUT2D eigenvalue weighted by atomic mass is 15.2. The van der Waals surface area contributed by atoms with Crippen LogP contribution in [0.1, 0.15) is 26.7 Å². The van der Waals surface area contributed by atoms with E-state index in [-0.39, 0.29) is 0 Å². The molecule has 3 heteroatoms. The second-order valence-electron chi connectivity index (χ2n) is 5.69. The Kier molecular flexibility index (Phi) is 6.32. The Morgan fingerprint density at radius 3 is 2.50 bits per heavy atom. The number of nitrogens with zero attached hydrogens (tertiary/aromatic N) is 2. The highest BCUT2D eigenvalue weighted by Crippen LogP contribution is 2.13. The monoisotopic (exact) mass is 227 g/mol. The van der Waals surface area contributed by atoms with Gasteiger partial charge in [-0.15, -0.1) is 0 Å². The van der Waals surface area contributed by atoms with Crippen molar-refractivity contribution in [2.24, 2.45) is 17.6 Å². The van der Waals surface area contributed by atoms with Crippen molar-refractivity contribution < 1.29 is 0 Å². The van der Waals surface area contributed by atoms with Crippen LogP contribution in [0.15, 0.2) is 0 Å². The molecule has 1 unspecified atom stereocenters. The van der Waals surface area contributed by atoms with Crippen molar-refractivity contribution in [3.63, 3.8) is 0 Å². The molecule has 1 rings (SSSR count). The minimum Gasteiger partial charge on any atom is -0.330 e. The van der Waals surface area contributed by atoms with Gasteiger partial charge in [-0.05, 0) is 51.4 Å². The lowest BCUT2D eigenvalue weighted by Crippen LogP contribution is -2.36.